The highest BCUT2D eigenvalue weighted by atomic mass is 16.7. The van der Waals surface area contributed by atoms with Gasteiger partial charge in [0.05, 0.1) is 12.7 Å². The summed E-state index contributed by atoms with van der Waals surface area (Å²) in [7, 11) is 0. The van der Waals surface area contributed by atoms with Gasteiger partial charge < -0.3 is 14.6 Å². The first-order chi connectivity index (χ1) is 10.9. The highest BCUT2D eigenvalue weighted by Crippen LogP contribution is 2.36. The number of ether oxygens (including phenoxy) is 2. The fourth-order valence-electron chi connectivity index (χ4n) is 3.12. The van der Waals surface area contributed by atoms with E-state index in [4.69, 9.17) is 9.47 Å². The second-order valence-electron chi connectivity index (χ2n) is 6.91. The van der Waals surface area contributed by atoms with Crippen LogP contribution in [0.5, 0.6) is 0 Å². The number of hydrogen-bond acceptors (Lipinski definition) is 4. The molecule has 0 amide bonds. The number of benzene rings is 1. The summed E-state index contributed by atoms with van der Waals surface area (Å²) in [6.45, 7) is 8.07. The average Bonchev–Trinajstić information content (AvgIpc) is 2.51. The molecule has 0 fully saturated rings. The van der Waals surface area contributed by atoms with Crippen molar-refractivity contribution in [2.24, 2.45) is 5.92 Å². The molecule has 0 saturated carbocycles. The van der Waals surface area contributed by atoms with E-state index >= 15 is 0 Å². The molecule has 1 aliphatic carbocycles. The minimum absolute atomic E-state index is 0.188. The zero-order chi connectivity index (χ0) is 17.0. The summed E-state index contributed by atoms with van der Waals surface area (Å²) in [4.78, 5) is 11.8. The third-order valence-electron chi connectivity index (χ3n) is 4.39. The number of fused-ring (bicyclic) bond motifs is 1. The number of aryl methyl sites for hydroxylation is 1. The van der Waals surface area contributed by atoms with E-state index in [9.17, 15) is 9.90 Å². The van der Waals surface area contributed by atoms with Crippen LogP contribution in [-0.4, -0.2) is 24.0 Å². The Bertz CT molecular complexity index is 536. The largest absolute Gasteiger partial charge is 0.508 e. The lowest BCUT2D eigenvalue weighted by Crippen LogP contribution is -2.26. The summed E-state index contributed by atoms with van der Waals surface area (Å²) in [6.07, 6.45) is 1.82. The van der Waals surface area contributed by atoms with E-state index < -0.39 is 12.3 Å². The standard InChI is InChI=1S/C19H28O4/c1-12(2)11-22-19(21)23-14(4)17-7-5-6-16-10-15(13(3)20)8-9-18(16)17/h8-10,12-14,17,20H,5-7,11H2,1-4H3/t13-,14-,17-/m1/s1. The molecule has 0 aromatic heterocycles. The third kappa shape index (κ3) is 4.71. The maximum absolute atomic E-state index is 11.8. The van der Waals surface area contributed by atoms with Gasteiger partial charge in [0.15, 0.2) is 0 Å². The van der Waals surface area contributed by atoms with Crippen molar-refractivity contribution in [2.75, 3.05) is 6.61 Å². The number of hydrogen-bond donors (Lipinski definition) is 1. The molecule has 0 spiro atoms. The van der Waals surface area contributed by atoms with E-state index in [0.717, 1.165) is 24.8 Å². The molecule has 0 radical (unpaired) electrons. The number of rotatable bonds is 5. The Hall–Kier alpha value is -1.55. The van der Waals surface area contributed by atoms with Gasteiger partial charge in [-0.05, 0) is 55.7 Å². The summed E-state index contributed by atoms with van der Waals surface area (Å²) in [6, 6.07) is 6.11. The molecule has 2 rings (SSSR count). The molecule has 1 aromatic rings. The van der Waals surface area contributed by atoms with Crippen LogP contribution in [0.25, 0.3) is 0 Å². The molecule has 0 bridgehead atoms. The Morgan fingerprint density at radius 1 is 1.30 bits per heavy atom. The first-order valence-corrected chi connectivity index (χ1v) is 8.52. The van der Waals surface area contributed by atoms with Crippen LogP contribution in [0.4, 0.5) is 4.79 Å². The topological polar surface area (TPSA) is 55.8 Å². The summed E-state index contributed by atoms with van der Waals surface area (Å²) >= 11 is 0. The molecule has 128 valence electrons. The smallest absolute Gasteiger partial charge is 0.434 e. The van der Waals surface area contributed by atoms with E-state index in [1.807, 2.05) is 26.8 Å². The van der Waals surface area contributed by atoms with Gasteiger partial charge in [-0.15, -0.1) is 0 Å². The quantitative estimate of drug-likeness (QED) is 0.819. The number of carbonyl (C=O) groups excluding carboxylic acids is 1. The van der Waals surface area contributed by atoms with Gasteiger partial charge in [-0.2, -0.15) is 0 Å². The van der Waals surface area contributed by atoms with Gasteiger partial charge in [0.2, 0.25) is 0 Å². The minimum Gasteiger partial charge on any atom is -0.434 e. The summed E-state index contributed by atoms with van der Waals surface area (Å²) < 4.78 is 10.6. The van der Waals surface area contributed by atoms with Crippen LogP contribution in [-0.2, 0) is 15.9 Å². The zero-order valence-electron chi connectivity index (χ0n) is 14.5. The van der Waals surface area contributed by atoms with Gasteiger partial charge in [-0.25, -0.2) is 4.79 Å². The molecule has 1 N–H and O–H groups in total. The van der Waals surface area contributed by atoms with Crippen molar-refractivity contribution in [1.29, 1.82) is 0 Å². The van der Waals surface area contributed by atoms with Crippen LogP contribution in [0.1, 0.15) is 69.2 Å². The lowest BCUT2D eigenvalue weighted by atomic mass is 9.79. The fraction of sp³-hybridized carbons (Fsp3) is 0.632. The van der Waals surface area contributed by atoms with Crippen molar-refractivity contribution in [3.8, 4) is 0 Å². The number of aliphatic hydroxyl groups excluding tert-OH is 1. The predicted molar refractivity (Wildman–Crippen MR) is 89.5 cm³/mol. The lowest BCUT2D eigenvalue weighted by Gasteiger charge is -2.30. The first-order valence-electron chi connectivity index (χ1n) is 8.52. The van der Waals surface area contributed by atoms with Crippen molar-refractivity contribution in [3.05, 3.63) is 34.9 Å². The van der Waals surface area contributed by atoms with Gasteiger partial charge >= 0.3 is 6.16 Å². The van der Waals surface area contributed by atoms with Gasteiger partial charge in [-0.3, -0.25) is 0 Å². The van der Waals surface area contributed by atoms with Crippen molar-refractivity contribution < 1.29 is 19.4 Å². The first kappa shape index (κ1) is 17.8. The van der Waals surface area contributed by atoms with Gasteiger partial charge in [0.1, 0.15) is 6.10 Å². The minimum atomic E-state index is -0.584. The SMILES string of the molecule is CC(C)COC(=O)O[C@H](C)[C@H]1CCCc2cc([C@@H](C)O)ccc21. The molecule has 3 atom stereocenters. The molecular weight excluding hydrogens is 292 g/mol. The molecule has 4 heteroatoms. The van der Waals surface area contributed by atoms with E-state index in [1.165, 1.54) is 11.1 Å². The number of carbonyl (C=O) groups is 1. The Kier molecular flexibility index (Phi) is 6.05. The monoisotopic (exact) mass is 320 g/mol. The van der Waals surface area contributed by atoms with Gasteiger partial charge in [0, 0.05) is 5.92 Å². The predicted octanol–water partition coefficient (Wildman–Crippen LogP) is 4.36. The highest BCUT2D eigenvalue weighted by Gasteiger charge is 2.28. The Balaban J connectivity index is 2.05. The van der Waals surface area contributed by atoms with Crippen molar-refractivity contribution >= 4 is 6.16 Å². The van der Waals surface area contributed by atoms with Gasteiger partial charge in [0.25, 0.3) is 0 Å². The second-order valence-corrected chi connectivity index (χ2v) is 6.91. The third-order valence-corrected chi connectivity index (χ3v) is 4.39. The zero-order valence-corrected chi connectivity index (χ0v) is 14.5. The molecule has 1 aromatic carbocycles. The highest BCUT2D eigenvalue weighted by molar-refractivity contribution is 5.60. The van der Waals surface area contributed by atoms with Crippen LogP contribution in [0, 0.1) is 5.92 Å². The molecule has 23 heavy (non-hydrogen) atoms. The lowest BCUT2D eigenvalue weighted by molar-refractivity contribution is 0.0132. The van der Waals surface area contributed by atoms with Crippen LogP contribution >= 0.6 is 0 Å². The maximum atomic E-state index is 11.8. The maximum Gasteiger partial charge on any atom is 0.508 e. The molecule has 0 unspecified atom stereocenters. The van der Waals surface area contributed by atoms with E-state index in [1.54, 1.807) is 6.92 Å². The van der Waals surface area contributed by atoms with Crippen LogP contribution in [0.3, 0.4) is 0 Å². The Morgan fingerprint density at radius 3 is 2.70 bits per heavy atom. The molecule has 1 aliphatic rings. The van der Waals surface area contributed by atoms with Gasteiger partial charge in [-0.1, -0.05) is 32.0 Å². The molecule has 0 saturated heterocycles. The van der Waals surface area contributed by atoms with E-state index in [0.29, 0.717) is 12.5 Å². The second kappa shape index (κ2) is 7.82. The van der Waals surface area contributed by atoms with Crippen molar-refractivity contribution in [3.63, 3.8) is 0 Å². The fourth-order valence-corrected chi connectivity index (χ4v) is 3.12. The van der Waals surface area contributed by atoms with E-state index in [-0.39, 0.29) is 12.0 Å². The normalized spacial score (nSPS) is 19.8. The number of aliphatic hydroxyl groups is 1. The van der Waals surface area contributed by atoms with Crippen molar-refractivity contribution in [2.45, 2.75) is 65.1 Å². The Labute approximate surface area is 138 Å². The van der Waals surface area contributed by atoms with Crippen LogP contribution < -0.4 is 0 Å². The molecular formula is C19H28O4. The molecule has 4 nitrogen and oxygen atoms in total. The summed E-state index contributed by atoms with van der Waals surface area (Å²) in [5, 5.41) is 9.74. The van der Waals surface area contributed by atoms with Crippen LogP contribution in [0.15, 0.2) is 18.2 Å². The van der Waals surface area contributed by atoms with E-state index in [2.05, 4.69) is 12.1 Å². The molecule has 0 aliphatic heterocycles. The van der Waals surface area contributed by atoms with Crippen LogP contribution in [0.2, 0.25) is 0 Å². The summed E-state index contributed by atoms with van der Waals surface area (Å²) in [5.41, 5.74) is 3.42. The average molecular weight is 320 g/mol. The van der Waals surface area contributed by atoms with Crippen molar-refractivity contribution in [1.82, 2.24) is 0 Å². The Morgan fingerprint density at radius 2 is 2.04 bits per heavy atom. The molecule has 0 heterocycles. The summed E-state index contributed by atoms with van der Waals surface area (Å²) in [5.74, 6) is 0.487.